The number of benzene rings is 2. The maximum absolute atomic E-state index is 11.8. The van der Waals surface area contributed by atoms with Gasteiger partial charge in [-0.1, -0.05) is 76.6 Å². The maximum atomic E-state index is 11.8. The number of nitrogens with two attached hydrogens (primary N) is 1. The molecule has 0 aliphatic heterocycles. The maximum Gasteiger partial charge on any atom is 0.243 e. The van der Waals surface area contributed by atoms with Crippen LogP contribution in [0.25, 0.3) is 0 Å². The van der Waals surface area contributed by atoms with E-state index >= 15 is 0 Å². The Labute approximate surface area is 109 Å². The number of hydrogen-bond acceptors (Lipinski definition) is 1. The molecule has 3 heteroatoms. The molecular formula is C14H12BrNO. The van der Waals surface area contributed by atoms with Crippen LogP contribution in [-0.2, 0) is 9.12 Å². The molecule has 0 saturated carbocycles. The van der Waals surface area contributed by atoms with Gasteiger partial charge in [0.15, 0.2) is 4.32 Å². The summed E-state index contributed by atoms with van der Waals surface area (Å²) in [5.41, 5.74) is 7.21. The molecule has 0 radical (unpaired) electrons. The van der Waals surface area contributed by atoms with E-state index in [0.29, 0.717) is 0 Å². The van der Waals surface area contributed by atoms with Crippen molar-refractivity contribution in [3.63, 3.8) is 0 Å². The highest BCUT2D eigenvalue weighted by molar-refractivity contribution is 9.10. The van der Waals surface area contributed by atoms with Crippen LogP contribution in [0.3, 0.4) is 0 Å². The topological polar surface area (TPSA) is 43.1 Å². The van der Waals surface area contributed by atoms with Crippen LogP contribution in [0.4, 0.5) is 0 Å². The Morgan fingerprint density at radius 2 is 1.24 bits per heavy atom. The van der Waals surface area contributed by atoms with E-state index in [2.05, 4.69) is 15.9 Å². The van der Waals surface area contributed by atoms with Crippen LogP contribution in [-0.4, -0.2) is 5.91 Å². The molecule has 0 saturated heterocycles. The Hall–Kier alpha value is -1.61. The van der Waals surface area contributed by atoms with Crippen LogP contribution in [0.2, 0.25) is 0 Å². The fourth-order valence-corrected chi connectivity index (χ4v) is 2.32. The lowest BCUT2D eigenvalue weighted by molar-refractivity contribution is -0.119. The number of primary amides is 1. The largest absolute Gasteiger partial charge is 0.368 e. The van der Waals surface area contributed by atoms with Gasteiger partial charge in [-0.3, -0.25) is 4.79 Å². The predicted octanol–water partition coefficient (Wildman–Crippen LogP) is 2.81. The van der Waals surface area contributed by atoms with Crippen molar-refractivity contribution in [3.05, 3.63) is 71.8 Å². The highest BCUT2D eigenvalue weighted by Gasteiger charge is 2.37. The van der Waals surface area contributed by atoms with Gasteiger partial charge in [0.2, 0.25) is 5.91 Å². The van der Waals surface area contributed by atoms with Crippen molar-refractivity contribution in [2.75, 3.05) is 0 Å². The molecule has 2 nitrogen and oxygen atoms in total. The van der Waals surface area contributed by atoms with E-state index < -0.39 is 10.2 Å². The quantitative estimate of drug-likeness (QED) is 0.868. The van der Waals surface area contributed by atoms with E-state index in [1.807, 2.05) is 60.7 Å². The van der Waals surface area contributed by atoms with E-state index in [1.54, 1.807) is 0 Å². The van der Waals surface area contributed by atoms with Crippen molar-refractivity contribution in [2.45, 2.75) is 4.32 Å². The molecule has 0 atom stereocenters. The summed E-state index contributed by atoms with van der Waals surface area (Å²) in [7, 11) is 0. The molecule has 0 bridgehead atoms. The summed E-state index contributed by atoms with van der Waals surface area (Å²) in [6.07, 6.45) is 0. The third-order valence-electron chi connectivity index (χ3n) is 2.68. The number of rotatable bonds is 3. The van der Waals surface area contributed by atoms with Crippen LogP contribution in [0.15, 0.2) is 60.7 Å². The molecule has 0 aromatic heterocycles. The first-order valence-electron chi connectivity index (χ1n) is 5.25. The van der Waals surface area contributed by atoms with Crippen LogP contribution in [0.5, 0.6) is 0 Å². The molecule has 0 heterocycles. The zero-order valence-corrected chi connectivity index (χ0v) is 10.7. The SMILES string of the molecule is NC(=O)C(Br)(c1ccccc1)c1ccccc1. The molecule has 0 unspecified atom stereocenters. The van der Waals surface area contributed by atoms with Crippen LogP contribution < -0.4 is 5.73 Å². The Kier molecular flexibility index (Phi) is 3.29. The number of alkyl halides is 1. The number of carbonyl (C=O) groups excluding carboxylic acids is 1. The van der Waals surface area contributed by atoms with E-state index in [9.17, 15) is 4.79 Å². The first-order valence-corrected chi connectivity index (χ1v) is 6.05. The summed E-state index contributed by atoms with van der Waals surface area (Å²) < 4.78 is -0.963. The third-order valence-corrected chi connectivity index (χ3v) is 3.99. The van der Waals surface area contributed by atoms with Crippen LogP contribution in [0, 0.1) is 0 Å². The fraction of sp³-hybridized carbons (Fsp3) is 0.0714. The summed E-state index contributed by atoms with van der Waals surface area (Å²) >= 11 is 3.49. The molecule has 17 heavy (non-hydrogen) atoms. The number of carbonyl (C=O) groups is 1. The lowest BCUT2D eigenvalue weighted by Crippen LogP contribution is -2.36. The molecular weight excluding hydrogens is 278 g/mol. The summed E-state index contributed by atoms with van der Waals surface area (Å²) in [6.45, 7) is 0. The highest BCUT2D eigenvalue weighted by atomic mass is 79.9. The lowest BCUT2D eigenvalue weighted by Gasteiger charge is -2.25. The molecule has 0 aliphatic rings. The molecule has 0 spiro atoms. The van der Waals surface area contributed by atoms with Gasteiger partial charge in [0.1, 0.15) is 0 Å². The second-order valence-electron chi connectivity index (χ2n) is 3.75. The van der Waals surface area contributed by atoms with Gasteiger partial charge in [0.05, 0.1) is 0 Å². The van der Waals surface area contributed by atoms with Gasteiger partial charge < -0.3 is 5.73 Å². The van der Waals surface area contributed by atoms with Crippen LogP contribution >= 0.6 is 15.9 Å². The smallest absolute Gasteiger partial charge is 0.243 e. The summed E-state index contributed by atoms with van der Waals surface area (Å²) in [4.78, 5) is 11.8. The van der Waals surface area contributed by atoms with Gasteiger partial charge >= 0.3 is 0 Å². The van der Waals surface area contributed by atoms with Crippen molar-refractivity contribution in [3.8, 4) is 0 Å². The first kappa shape index (κ1) is 11.9. The van der Waals surface area contributed by atoms with Gasteiger partial charge in [-0.15, -0.1) is 0 Å². The Balaban J connectivity index is 2.59. The second kappa shape index (κ2) is 4.72. The summed E-state index contributed by atoms with van der Waals surface area (Å²) in [6, 6.07) is 18.9. The van der Waals surface area contributed by atoms with Crippen molar-refractivity contribution in [2.24, 2.45) is 5.73 Å². The van der Waals surface area contributed by atoms with Gasteiger partial charge in [0, 0.05) is 0 Å². The Bertz CT molecular complexity index is 471. The first-order chi connectivity index (χ1) is 8.15. The molecule has 86 valence electrons. The normalized spacial score (nSPS) is 11.1. The average molecular weight is 290 g/mol. The fourth-order valence-electron chi connectivity index (χ4n) is 1.79. The standard InChI is InChI=1S/C14H12BrNO/c15-14(13(16)17,11-7-3-1-4-8-11)12-9-5-2-6-10-12/h1-10H,(H2,16,17). The van der Waals surface area contributed by atoms with Gasteiger partial charge in [-0.05, 0) is 11.1 Å². The van der Waals surface area contributed by atoms with Crippen molar-refractivity contribution in [1.29, 1.82) is 0 Å². The molecule has 2 aromatic carbocycles. The van der Waals surface area contributed by atoms with E-state index in [-0.39, 0.29) is 0 Å². The molecule has 2 N–H and O–H groups in total. The average Bonchev–Trinajstić information content (AvgIpc) is 2.39. The number of amides is 1. The second-order valence-corrected chi connectivity index (χ2v) is 4.94. The Morgan fingerprint density at radius 1 is 0.882 bits per heavy atom. The van der Waals surface area contributed by atoms with Gasteiger partial charge in [-0.2, -0.15) is 0 Å². The van der Waals surface area contributed by atoms with E-state index in [0.717, 1.165) is 11.1 Å². The minimum Gasteiger partial charge on any atom is -0.368 e. The number of hydrogen-bond donors (Lipinski definition) is 1. The molecule has 2 rings (SSSR count). The minimum absolute atomic E-state index is 0.421. The predicted molar refractivity (Wildman–Crippen MR) is 71.8 cm³/mol. The molecule has 2 aromatic rings. The molecule has 0 aliphatic carbocycles. The monoisotopic (exact) mass is 289 g/mol. The summed E-state index contributed by atoms with van der Waals surface area (Å²) in [5.74, 6) is -0.421. The van der Waals surface area contributed by atoms with Crippen molar-refractivity contribution >= 4 is 21.8 Å². The zero-order chi connectivity index (χ0) is 12.3. The van der Waals surface area contributed by atoms with Crippen LogP contribution in [0.1, 0.15) is 11.1 Å². The summed E-state index contributed by atoms with van der Waals surface area (Å²) in [5, 5.41) is 0. The Morgan fingerprint density at radius 3 is 1.53 bits per heavy atom. The molecule has 0 fully saturated rings. The highest BCUT2D eigenvalue weighted by Crippen LogP contribution is 2.38. The van der Waals surface area contributed by atoms with Crippen molar-refractivity contribution < 1.29 is 4.79 Å². The lowest BCUT2D eigenvalue weighted by atomic mass is 9.90. The minimum atomic E-state index is -0.963. The van der Waals surface area contributed by atoms with Crippen molar-refractivity contribution in [1.82, 2.24) is 0 Å². The molecule has 1 amide bonds. The third kappa shape index (κ3) is 2.11. The van der Waals surface area contributed by atoms with E-state index in [4.69, 9.17) is 5.73 Å². The van der Waals surface area contributed by atoms with Gasteiger partial charge in [0.25, 0.3) is 0 Å². The van der Waals surface area contributed by atoms with E-state index in [1.165, 1.54) is 0 Å². The zero-order valence-electron chi connectivity index (χ0n) is 9.14. The number of halogens is 1. The van der Waals surface area contributed by atoms with Gasteiger partial charge in [-0.25, -0.2) is 0 Å².